The average Bonchev–Trinajstić information content (AvgIpc) is 2.28. The van der Waals surface area contributed by atoms with Crippen LogP contribution in [0.2, 0.25) is 0 Å². The summed E-state index contributed by atoms with van der Waals surface area (Å²) in [7, 11) is 4.33. The lowest BCUT2D eigenvalue weighted by Crippen LogP contribution is -2.37. The van der Waals surface area contributed by atoms with Crippen molar-refractivity contribution in [3.05, 3.63) is 11.8 Å². The molecule has 2 heterocycles. The van der Waals surface area contributed by atoms with Crippen molar-refractivity contribution in [1.29, 1.82) is 0 Å². The van der Waals surface area contributed by atoms with Crippen LogP contribution < -0.4 is 5.32 Å². The standard InChI is InChI=1S/C10H18N3/c1-12-5-3-10-9(8-12)7-11-4-6-13(10)2/h3,6,9,11H,4-5,7-8H2,1-2H3/q+1. The Kier molecular flexibility index (Phi) is 2.47. The second-order valence-electron chi connectivity index (χ2n) is 4.00. The lowest BCUT2D eigenvalue weighted by molar-refractivity contribution is -0.447. The first-order valence-corrected chi connectivity index (χ1v) is 4.93. The van der Waals surface area contributed by atoms with Crippen molar-refractivity contribution < 1.29 is 4.58 Å². The van der Waals surface area contributed by atoms with Crippen LogP contribution >= 0.6 is 0 Å². The van der Waals surface area contributed by atoms with E-state index in [0.717, 1.165) is 19.6 Å². The van der Waals surface area contributed by atoms with E-state index in [2.05, 4.69) is 41.2 Å². The zero-order chi connectivity index (χ0) is 9.26. The number of likely N-dealkylation sites (N-methyl/N-ethyl adjacent to an activating group) is 1. The van der Waals surface area contributed by atoms with Gasteiger partial charge in [-0.2, -0.15) is 0 Å². The minimum Gasteiger partial charge on any atom is -0.307 e. The zero-order valence-electron chi connectivity index (χ0n) is 8.45. The number of hydrogen-bond donors (Lipinski definition) is 1. The summed E-state index contributed by atoms with van der Waals surface area (Å²) in [5, 5.41) is 3.43. The molecule has 2 rings (SSSR count). The molecule has 0 aromatic rings. The van der Waals surface area contributed by atoms with Crippen LogP contribution in [0.15, 0.2) is 11.8 Å². The Balaban J connectivity index is 2.23. The highest BCUT2D eigenvalue weighted by molar-refractivity contribution is 5.54. The molecule has 0 aliphatic carbocycles. The van der Waals surface area contributed by atoms with Crippen molar-refractivity contribution >= 4 is 6.21 Å². The highest BCUT2D eigenvalue weighted by atomic mass is 15.1. The highest BCUT2D eigenvalue weighted by Crippen LogP contribution is 2.17. The maximum atomic E-state index is 3.43. The minimum absolute atomic E-state index is 0.669. The normalized spacial score (nSPS) is 30.2. The Hall–Kier alpha value is -0.670. The van der Waals surface area contributed by atoms with Crippen LogP contribution in [0, 0.1) is 5.92 Å². The van der Waals surface area contributed by atoms with Gasteiger partial charge in [0.05, 0.1) is 12.5 Å². The summed E-state index contributed by atoms with van der Waals surface area (Å²) in [5.74, 6) is 0.669. The first kappa shape index (κ1) is 8.91. The second kappa shape index (κ2) is 3.60. The van der Waals surface area contributed by atoms with Gasteiger partial charge in [-0.05, 0) is 13.1 Å². The van der Waals surface area contributed by atoms with Crippen molar-refractivity contribution in [1.82, 2.24) is 10.2 Å². The van der Waals surface area contributed by atoms with Crippen molar-refractivity contribution in [3.8, 4) is 0 Å². The molecule has 0 saturated carbocycles. The minimum atomic E-state index is 0.669. The molecule has 0 amide bonds. The molecule has 1 N–H and O–H groups in total. The van der Waals surface area contributed by atoms with Gasteiger partial charge in [0.25, 0.3) is 0 Å². The van der Waals surface area contributed by atoms with Crippen LogP contribution in [0.1, 0.15) is 0 Å². The smallest absolute Gasteiger partial charge is 0.183 e. The number of rotatable bonds is 0. The first-order chi connectivity index (χ1) is 6.27. The number of hydrogen-bond acceptors (Lipinski definition) is 2. The molecule has 0 bridgehead atoms. The van der Waals surface area contributed by atoms with Gasteiger partial charge in [0.15, 0.2) is 11.9 Å². The monoisotopic (exact) mass is 180 g/mol. The number of nitrogens with zero attached hydrogens (tertiary/aromatic N) is 2. The van der Waals surface area contributed by atoms with E-state index in [4.69, 9.17) is 0 Å². The Morgan fingerprint density at radius 1 is 1.62 bits per heavy atom. The van der Waals surface area contributed by atoms with E-state index in [1.165, 1.54) is 12.2 Å². The molecule has 2 aliphatic rings. The van der Waals surface area contributed by atoms with Gasteiger partial charge in [0.1, 0.15) is 7.05 Å². The van der Waals surface area contributed by atoms with Gasteiger partial charge in [-0.15, -0.1) is 0 Å². The predicted molar refractivity (Wildman–Crippen MR) is 54.2 cm³/mol. The van der Waals surface area contributed by atoms with Gasteiger partial charge < -0.3 is 10.2 Å². The summed E-state index contributed by atoms with van der Waals surface area (Å²) in [5.41, 5.74) is 1.49. The third-order valence-electron chi connectivity index (χ3n) is 2.87. The van der Waals surface area contributed by atoms with Gasteiger partial charge >= 0.3 is 0 Å². The van der Waals surface area contributed by atoms with Crippen molar-refractivity contribution in [2.75, 3.05) is 40.3 Å². The quantitative estimate of drug-likeness (QED) is 0.518. The molecular formula is C10H18N3+. The molecule has 0 saturated heterocycles. The van der Waals surface area contributed by atoms with E-state index < -0.39 is 0 Å². The Labute approximate surface area is 79.7 Å². The number of fused-ring (bicyclic) bond motifs is 1. The molecule has 0 radical (unpaired) electrons. The topological polar surface area (TPSA) is 18.3 Å². The van der Waals surface area contributed by atoms with Crippen LogP contribution in [-0.4, -0.2) is 56.0 Å². The van der Waals surface area contributed by atoms with Crippen LogP contribution in [0.3, 0.4) is 0 Å². The fourth-order valence-electron chi connectivity index (χ4n) is 2.13. The SMILES string of the molecule is CN1CC=C2C(CNCC=[N+]2C)C1. The molecule has 0 aromatic heterocycles. The van der Waals surface area contributed by atoms with E-state index in [1.807, 2.05) is 0 Å². The van der Waals surface area contributed by atoms with E-state index in [-0.39, 0.29) is 0 Å². The molecule has 0 fully saturated rings. The van der Waals surface area contributed by atoms with Crippen LogP contribution in [-0.2, 0) is 0 Å². The second-order valence-corrected chi connectivity index (χ2v) is 4.00. The summed E-state index contributed by atoms with van der Waals surface area (Å²) in [4.78, 5) is 2.37. The summed E-state index contributed by atoms with van der Waals surface area (Å²) in [6.07, 6.45) is 4.56. The fourth-order valence-corrected chi connectivity index (χ4v) is 2.13. The lowest BCUT2D eigenvalue weighted by Gasteiger charge is -2.26. The van der Waals surface area contributed by atoms with Crippen molar-refractivity contribution in [2.24, 2.45) is 5.92 Å². The van der Waals surface area contributed by atoms with Crippen LogP contribution in [0.25, 0.3) is 0 Å². The summed E-state index contributed by atoms with van der Waals surface area (Å²) in [6.45, 7) is 4.37. The van der Waals surface area contributed by atoms with E-state index in [1.54, 1.807) is 0 Å². The molecule has 72 valence electrons. The van der Waals surface area contributed by atoms with E-state index in [9.17, 15) is 0 Å². The molecule has 0 spiro atoms. The van der Waals surface area contributed by atoms with Gasteiger partial charge in [-0.1, -0.05) is 0 Å². The van der Waals surface area contributed by atoms with Gasteiger partial charge in [-0.3, -0.25) is 0 Å². The summed E-state index contributed by atoms with van der Waals surface area (Å²) in [6, 6.07) is 0. The van der Waals surface area contributed by atoms with Crippen LogP contribution in [0.4, 0.5) is 0 Å². The average molecular weight is 180 g/mol. The lowest BCUT2D eigenvalue weighted by atomic mass is 10.0. The molecular weight excluding hydrogens is 162 g/mol. The summed E-state index contributed by atoms with van der Waals surface area (Å²) < 4.78 is 2.28. The fraction of sp³-hybridized carbons (Fsp3) is 0.700. The molecule has 3 nitrogen and oxygen atoms in total. The molecule has 1 atom stereocenters. The maximum Gasteiger partial charge on any atom is 0.183 e. The molecule has 2 aliphatic heterocycles. The van der Waals surface area contributed by atoms with Crippen molar-refractivity contribution in [3.63, 3.8) is 0 Å². The molecule has 1 unspecified atom stereocenters. The maximum absolute atomic E-state index is 3.43. The highest BCUT2D eigenvalue weighted by Gasteiger charge is 2.28. The molecule has 13 heavy (non-hydrogen) atoms. The third-order valence-corrected chi connectivity index (χ3v) is 2.87. The summed E-state index contributed by atoms with van der Waals surface area (Å²) >= 11 is 0. The zero-order valence-corrected chi connectivity index (χ0v) is 8.45. The van der Waals surface area contributed by atoms with E-state index in [0.29, 0.717) is 5.92 Å². The molecule has 0 aromatic carbocycles. The Bertz CT molecular complexity index is 255. The van der Waals surface area contributed by atoms with Crippen molar-refractivity contribution in [2.45, 2.75) is 0 Å². The predicted octanol–water partition coefficient (Wildman–Crippen LogP) is -0.252. The largest absolute Gasteiger partial charge is 0.307 e. The molecule has 3 heteroatoms. The van der Waals surface area contributed by atoms with Crippen LogP contribution in [0.5, 0.6) is 0 Å². The van der Waals surface area contributed by atoms with Gasteiger partial charge in [0.2, 0.25) is 0 Å². The number of nitrogens with one attached hydrogen (secondary N) is 1. The third kappa shape index (κ3) is 1.81. The first-order valence-electron chi connectivity index (χ1n) is 4.93. The van der Waals surface area contributed by atoms with Gasteiger partial charge in [-0.25, -0.2) is 4.58 Å². The van der Waals surface area contributed by atoms with E-state index >= 15 is 0 Å². The Morgan fingerprint density at radius 2 is 2.46 bits per heavy atom. The Morgan fingerprint density at radius 3 is 3.31 bits per heavy atom. The van der Waals surface area contributed by atoms with Gasteiger partial charge in [0, 0.05) is 19.6 Å².